The van der Waals surface area contributed by atoms with Gasteiger partial charge in [-0.25, -0.2) is 0 Å². The maximum Gasteiger partial charge on any atom is 3.00 e. The van der Waals surface area contributed by atoms with E-state index >= 15 is 0 Å². The van der Waals surface area contributed by atoms with Crippen molar-refractivity contribution < 1.29 is 52.1 Å². The molecular weight excluding hydrogens is 725 g/mol. The Kier molecular flexibility index (Phi) is 52.0. The molecule has 0 aliphatic heterocycles. The van der Waals surface area contributed by atoms with Gasteiger partial charge in [0.2, 0.25) is 0 Å². The molecule has 0 heterocycles. The maximum absolute atomic E-state index is 10.1. The van der Waals surface area contributed by atoms with E-state index in [0.29, 0.717) is 0 Å². The Morgan fingerprint density at radius 2 is 0.442 bits per heavy atom. The normalized spacial score (nSPS) is 10.1. The summed E-state index contributed by atoms with van der Waals surface area (Å²) >= 11 is 0. The van der Waals surface area contributed by atoms with E-state index in [4.69, 9.17) is 0 Å². The first-order chi connectivity index (χ1) is 20.3. The number of aliphatic carboxylic acids is 3. The Hall–Kier alpha value is -0.850. The van der Waals surface area contributed by atoms with Gasteiger partial charge in [-0.1, -0.05) is 175 Å². The first-order valence-electron chi connectivity index (χ1n) is 17.9. The van der Waals surface area contributed by atoms with Gasteiger partial charge in [0.25, 0.3) is 0 Å². The van der Waals surface area contributed by atoms with E-state index in [0.717, 1.165) is 38.5 Å². The van der Waals surface area contributed by atoms with Crippen LogP contribution in [0.2, 0.25) is 0 Å². The van der Waals surface area contributed by atoms with Crippen LogP contribution in [-0.4, -0.2) is 17.9 Å². The molecule has 7 heteroatoms. The molecule has 0 fully saturated rings. The Balaban J connectivity index is -0.000000262. The summed E-state index contributed by atoms with van der Waals surface area (Å²) in [6, 6.07) is 0. The smallest absolute Gasteiger partial charge is 0.550 e. The second-order valence-electron chi connectivity index (χ2n) is 11.9. The van der Waals surface area contributed by atoms with Crippen molar-refractivity contribution in [2.75, 3.05) is 0 Å². The minimum absolute atomic E-state index is 0. The number of carboxylic acids is 3. The number of carbonyl (C=O) groups is 3. The number of rotatable bonds is 30. The zero-order valence-corrected chi connectivity index (χ0v) is 30.6. The molecule has 0 aromatic heterocycles. The zero-order valence-electron chi connectivity index (χ0n) is 28.5. The first kappa shape index (κ1) is 49.0. The predicted molar refractivity (Wildman–Crippen MR) is 171 cm³/mol. The van der Waals surface area contributed by atoms with E-state index in [1.54, 1.807) is 0 Å². The van der Waals surface area contributed by atoms with Gasteiger partial charge < -0.3 is 29.7 Å². The van der Waals surface area contributed by atoms with Gasteiger partial charge in [0.15, 0.2) is 0 Å². The molecule has 0 rings (SSSR count). The van der Waals surface area contributed by atoms with Gasteiger partial charge in [-0.05, 0) is 38.5 Å². The van der Waals surface area contributed by atoms with E-state index in [-0.39, 0.29) is 41.6 Å². The number of hydrogen-bond acceptors (Lipinski definition) is 6. The van der Waals surface area contributed by atoms with Crippen LogP contribution in [0.1, 0.15) is 213 Å². The van der Waals surface area contributed by atoms with Gasteiger partial charge >= 0.3 is 22.4 Å². The largest absolute Gasteiger partial charge is 3.00 e. The van der Waals surface area contributed by atoms with Crippen LogP contribution in [0.15, 0.2) is 0 Å². The quantitative estimate of drug-likeness (QED) is 0.0538. The van der Waals surface area contributed by atoms with Crippen molar-refractivity contribution in [2.24, 2.45) is 0 Å². The number of carbonyl (C=O) groups excluding carboxylic acids is 3. The SMILES string of the molecule is CCCCCCCCCCCC(=O)[O-].CCCCCCCCCCCC(=O)[O-].CCCCCCCCCCCC(=O)[O-].[Au+3]. The topological polar surface area (TPSA) is 120 Å². The van der Waals surface area contributed by atoms with Crippen LogP contribution in [-0.2, 0) is 36.8 Å². The molecule has 6 nitrogen and oxygen atoms in total. The second kappa shape index (κ2) is 45.6. The third-order valence-electron chi connectivity index (χ3n) is 7.45. The molecule has 0 unspecified atom stereocenters. The molecule has 0 atom stereocenters. The number of hydrogen-bond donors (Lipinski definition) is 0. The fourth-order valence-corrected chi connectivity index (χ4v) is 4.74. The molecule has 0 saturated carbocycles. The van der Waals surface area contributed by atoms with Crippen molar-refractivity contribution in [1.29, 1.82) is 0 Å². The van der Waals surface area contributed by atoms with Gasteiger partial charge in [-0.2, -0.15) is 0 Å². The van der Waals surface area contributed by atoms with Crippen molar-refractivity contribution >= 4 is 17.9 Å². The van der Waals surface area contributed by atoms with Crippen molar-refractivity contribution in [3.05, 3.63) is 0 Å². The summed E-state index contributed by atoms with van der Waals surface area (Å²) in [6.07, 6.45) is 33.5. The molecule has 0 aliphatic carbocycles. The van der Waals surface area contributed by atoms with Crippen LogP contribution < -0.4 is 15.3 Å². The predicted octanol–water partition coefficient (Wildman–Crippen LogP) is 7.97. The Morgan fingerprint density at radius 1 is 0.302 bits per heavy atom. The fraction of sp³-hybridized carbons (Fsp3) is 0.917. The van der Waals surface area contributed by atoms with Crippen LogP contribution in [0.25, 0.3) is 0 Å². The van der Waals surface area contributed by atoms with Crippen LogP contribution in [0.3, 0.4) is 0 Å². The summed E-state index contributed by atoms with van der Waals surface area (Å²) in [7, 11) is 0. The summed E-state index contributed by atoms with van der Waals surface area (Å²) in [4.78, 5) is 30.3. The second-order valence-corrected chi connectivity index (χ2v) is 11.9. The number of carboxylic acid groups (broad SMARTS) is 3. The molecule has 0 bridgehead atoms. The minimum atomic E-state index is -0.909. The van der Waals surface area contributed by atoms with E-state index in [1.165, 1.54) is 135 Å². The summed E-state index contributed by atoms with van der Waals surface area (Å²) < 4.78 is 0. The standard InChI is InChI=1S/3C12H24O2.Au/c3*1-2-3-4-5-6-7-8-9-10-11-12(13)14;/h3*2-11H2,1H3,(H,13,14);/q;;;+3/p-3. The fourth-order valence-electron chi connectivity index (χ4n) is 4.74. The maximum atomic E-state index is 10.1. The van der Waals surface area contributed by atoms with E-state index < -0.39 is 17.9 Å². The van der Waals surface area contributed by atoms with Crippen molar-refractivity contribution in [1.82, 2.24) is 0 Å². The minimum Gasteiger partial charge on any atom is -0.550 e. The molecular formula is C36H69AuO6. The zero-order chi connectivity index (χ0) is 31.9. The average Bonchev–Trinajstić information content (AvgIpc) is 2.95. The Morgan fingerprint density at radius 3 is 0.581 bits per heavy atom. The molecule has 0 radical (unpaired) electrons. The van der Waals surface area contributed by atoms with Crippen molar-refractivity contribution in [3.8, 4) is 0 Å². The molecule has 0 aromatic rings. The van der Waals surface area contributed by atoms with Crippen LogP contribution in [0.5, 0.6) is 0 Å². The molecule has 260 valence electrons. The third-order valence-corrected chi connectivity index (χ3v) is 7.45. The van der Waals surface area contributed by atoms with Gasteiger partial charge in [-0.15, -0.1) is 0 Å². The molecule has 0 saturated heterocycles. The molecule has 0 aliphatic rings. The Bertz CT molecular complexity index is 480. The molecule has 0 amide bonds. The van der Waals surface area contributed by atoms with Crippen LogP contribution in [0, 0.1) is 0 Å². The van der Waals surface area contributed by atoms with E-state index in [9.17, 15) is 29.7 Å². The monoisotopic (exact) mass is 794 g/mol. The van der Waals surface area contributed by atoms with Crippen LogP contribution >= 0.6 is 0 Å². The average molecular weight is 795 g/mol. The summed E-state index contributed by atoms with van der Waals surface area (Å²) in [6.45, 7) is 6.67. The van der Waals surface area contributed by atoms with E-state index in [2.05, 4.69) is 20.8 Å². The van der Waals surface area contributed by atoms with E-state index in [1.807, 2.05) is 0 Å². The van der Waals surface area contributed by atoms with Crippen LogP contribution in [0.4, 0.5) is 0 Å². The van der Waals surface area contributed by atoms with Gasteiger partial charge in [-0.3, -0.25) is 0 Å². The number of unbranched alkanes of at least 4 members (excludes halogenated alkanes) is 24. The molecule has 43 heavy (non-hydrogen) atoms. The van der Waals surface area contributed by atoms with Gasteiger partial charge in [0.1, 0.15) is 0 Å². The summed E-state index contributed by atoms with van der Waals surface area (Å²) in [5.74, 6) is -2.73. The van der Waals surface area contributed by atoms with Crippen molar-refractivity contribution in [3.63, 3.8) is 0 Å². The first-order valence-corrected chi connectivity index (χ1v) is 17.9. The molecule has 0 aromatic carbocycles. The van der Waals surface area contributed by atoms with Gasteiger partial charge in [0, 0.05) is 17.9 Å². The Labute approximate surface area is 282 Å². The van der Waals surface area contributed by atoms with Crippen molar-refractivity contribution in [2.45, 2.75) is 213 Å². The summed E-state index contributed by atoms with van der Waals surface area (Å²) in [5, 5.41) is 30.3. The molecule has 0 N–H and O–H groups in total. The summed E-state index contributed by atoms with van der Waals surface area (Å²) in [5.41, 5.74) is 0. The molecule has 0 spiro atoms. The van der Waals surface area contributed by atoms with Gasteiger partial charge in [0.05, 0.1) is 0 Å². The third kappa shape index (κ3) is 61.0.